The zero-order valence-corrected chi connectivity index (χ0v) is 20.1. The largest absolute Gasteiger partial charge is 0.505 e. The zero-order valence-electron chi connectivity index (χ0n) is 16.8. The van der Waals surface area contributed by atoms with Gasteiger partial charge >= 0.3 is 45.4 Å². The summed E-state index contributed by atoms with van der Waals surface area (Å²) in [6, 6.07) is 6.69. The van der Waals surface area contributed by atoms with Gasteiger partial charge in [-0.15, -0.1) is 0 Å². The van der Waals surface area contributed by atoms with E-state index in [4.69, 9.17) is 13.0 Å². The third-order valence-corrected chi connectivity index (χ3v) is 5.71. The van der Waals surface area contributed by atoms with E-state index in [9.17, 15) is 40.4 Å². The summed E-state index contributed by atoms with van der Waals surface area (Å²) in [5, 5.41) is 10.4. The summed E-state index contributed by atoms with van der Waals surface area (Å²) in [6.07, 6.45) is 0. The van der Waals surface area contributed by atoms with E-state index in [0.29, 0.717) is 4.73 Å². The van der Waals surface area contributed by atoms with Crippen LogP contribution in [0, 0.1) is 0 Å². The van der Waals surface area contributed by atoms with Gasteiger partial charge in [-0.3, -0.25) is 27.3 Å². The van der Waals surface area contributed by atoms with Crippen molar-refractivity contribution in [2.75, 3.05) is 0 Å². The van der Waals surface area contributed by atoms with Crippen molar-refractivity contribution in [1.29, 1.82) is 0 Å². The SMILES string of the molecule is O=C1C(c2c(O)c3c(OS(=O)O)c(OS(=O)O)c(OS(=O)O)cc3n2OS(=O)O)=Nc2ccccc21. The predicted molar refractivity (Wildman–Crippen MR) is 122 cm³/mol. The second kappa shape index (κ2) is 10.0. The van der Waals surface area contributed by atoms with Crippen LogP contribution in [0.25, 0.3) is 10.9 Å². The van der Waals surface area contributed by atoms with Crippen LogP contribution in [0.15, 0.2) is 35.3 Å². The highest BCUT2D eigenvalue weighted by molar-refractivity contribution is 7.75. The van der Waals surface area contributed by atoms with Gasteiger partial charge in [0.05, 0.1) is 11.1 Å². The quantitative estimate of drug-likeness (QED) is 0.219. The Balaban J connectivity index is 2.13. The number of hydrogen-bond donors (Lipinski definition) is 5. The normalized spacial score (nSPS) is 16.1. The van der Waals surface area contributed by atoms with Crippen molar-refractivity contribution >= 4 is 73.5 Å². The Morgan fingerprint density at radius 3 is 2.03 bits per heavy atom. The fourth-order valence-electron chi connectivity index (χ4n) is 3.34. The molecule has 1 aliphatic heterocycles. The number of aromatic nitrogens is 1. The van der Waals surface area contributed by atoms with E-state index in [1.807, 2.05) is 0 Å². The number of fused-ring (bicyclic) bond motifs is 2. The highest BCUT2D eigenvalue weighted by Gasteiger charge is 2.37. The third-order valence-electron chi connectivity index (χ3n) is 4.49. The minimum absolute atomic E-state index is 0.0983. The molecule has 3 aromatic rings. The molecule has 1 aromatic heterocycles. The number of Topliss-reactive ketones (excluding diaryl/α,β-unsaturated/α-hetero) is 1. The second-order valence-electron chi connectivity index (χ2n) is 6.42. The summed E-state index contributed by atoms with van der Waals surface area (Å²) >= 11 is -12.6. The first-order valence-electron chi connectivity index (χ1n) is 8.84. The predicted octanol–water partition coefficient (Wildman–Crippen LogP) is 0.776. The average molecular weight is 583 g/mol. The Kier molecular flexibility index (Phi) is 7.19. The number of rotatable bonds is 9. The molecule has 1 aliphatic rings. The summed E-state index contributed by atoms with van der Waals surface area (Å²) in [4.78, 5) is 17.1. The highest BCUT2D eigenvalue weighted by atomic mass is 32.2. The van der Waals surface area contributed by atoms with Crippen molar-refractivity contribution < 1.29 is 61.8 Å². The number of para-hydroxylation sites is 1. The van der Waals surface area contributed by atoms with E-state index in [-0.39, 0.29) is 11.3 Å². The van der Waals surface area contributed by atoms with E-state index in [0.717, 1.165) is 6.07 Å². The maximum atomic E-state index is 13.0. The smallest absolute Gasteiger partial charge is 0.377 e. The first-order chi connectivity index (χ1) is 17.0. The lowest BCUT2D eigenvalue weighted by Crippen LogP contribution is -2.22. The number of carbonyl (C=O) groups excluding carboxylic acids is 1. The van der Waals surface area contributed by atoms with Crippen LogP contribution in [-0.4, -0.2) is 56.4 Å². The monoisotopic (exact) mass is 582 g/mol. The Hall–Kier alpha value is -3.24. The van der Waals surface area contributed by atoms with Gasteiger partial charge in [0.25, 0.3) is 0 Å². The molecule has 0 saturated carbocycles. The Morgan fingerprint density at radius 2 is 1.44 bits per heavy atom. The van der Waals surface area contributed by atoms with E-state index in [1.165, 1.54) is 18.2 Å². The van der Waals surface area contributed by atoms with Crippen molar-refractivity contribution in [1.82, 2.24) is 4.73 Å². The van der Waals surface area contributed by atoms with Crippen LogP contribution in [0.3, 0.4) is 0 Å². The summed E-state index contributed by atoms with van der Waals surface area (Å²) in [5.74, 6) is -4.65. The van der Waals surface area contributed by atoms with Crippen molar-refractivity contribution in [2.45, 2.75) is 0 Å². The first kappa shape index (κ1) is 25.8. The lowest BCUT2D eigenvalue weighted by atomic mass is 10.1. The van der Waals surface area contributed by atoms with Gasteiger partial charge < -0.3 is 17.7 Å². The van der Waals surface area contributed by atoms with Crippen molar-refractivity contribution in [3.8, 4) is 23.0 Å². The lowest BCUT2D eigenvalue weighted by Gasteiger charge is -2.13. The summed E-state index contributed by atoms with van der Waals surface area (Å²) < 4.78 is 102. The van der Waals surface area contributed by atoms with Crippen LogP contribution in [0.1, 0.15) is 16.1 Å². The molecule has 4 atom stereocenters. The minimum atomic E-state index is -3.20. The maximum absolute atomic E-state index is 13.0. The molecule has 0 amide bonds. The van der Waals surface area contributed by atoms with Crippen LogP contribution in [0.4, 0.5) is 5.69 Å². The molecule has 0 saturated heterocycles. The molecule has 0 radical (unpaired) electrons. The number of hydrogen-bond acceptors (Lipinski definition) is 11. The van der Waals surface area contributed by atoms with Crippen molar-refractivity contribution in [3.05, 3.63) is 41.6 Å². The summed E-state index contributed by atoms with van der Waals surface area (Å²) in [7, 11) is 0. The molecule has 4 unspecified atom stereocenters. The van der Waals surface area contributed by atoms with Crippen LogP contribution < -0.4 is 16.8 Å². The average Bonchev–Trinajstić information content (AvgIpc) is 3.23. The molecule has 192 valence electrons. The standard InChI is InChI=1S/C16H10N2O14S4/c19-13-6-3-1-2-4-7(6)17-11(13)12-14(20)10-8(18(12)32-36(27)28)5-9(29-33(21)22)15(30-34(23)24)16(10)31-35(25)26/h1-5,20H,(H,21,22)(H,23,24)(H,25,26)(H,27,28). The molecule has 5 N–H and O–H groups in total. The fourth-order valence-corrected chi connectivity index (χ4v) is 4.50. The number of nitrogens with zero attached hydrogens (tertiary/aromatic N) is 2. The molecule has 0 fully saturated rings. The van der Waals surface area contributed by atoms with Gasteiger partial charge in [-0.25, -0.2) is 4.99 Å². The molecule has 0 bridgehead atoms. The molecule has 4 rings (SSSR count). The number of aliphatic imine (C=N–C) groups is 1. The first-order valence-corrected chi connectivity index (χ1v) is 13.0. The molecule has 16 nitrogen and oxygen atoms in total. The van der Waals surface area contributed by atoms with Gasteiger partial charge in [0.2, 0.25) is 17.3 Å². The number of ketones is 1. The Bertz CT molecular complexity index is 1550. The van der Waals surface area contributed by atoms with Gasteiger partial charge in [-0.2, -0.15) is 21.6 Å². The van der Waals surface area contributed by atoms with E-state index in [2.05, 4.69) is 13.4 Å². The van der Waals surface area contributed by atoms with Crippen molar-refractivity contribution in [3.63, 3.8) is 0 Å². The molecular weight excluding hydrogens is 572 g/mol. The van der Waals surface area contributed by atoms with Gasteiger partial charge in [0.15, 0.2) is 17.2 Å². The lowest BCUT2D eigenvalue weighted by molar-refractivity contribution is 0.106. The van der Waals surface area contributed by atoms with Crippen LogP contribution in [-0.2, 0) is 45.4 Å². The minimum Gasteiger partial charge on any atom is -0.505 e. The molecule has 0 spiro atoms. The zero-order chi connectivity index (χ0) is 26.3. The number of benzene rings is 2. The van der Waals surface area contributed by atoms with Crippen LogP contribution >= 0.6 is 0 Å². The van der Waals surface area contributed by atoms with Gasteiger partial charge in [0.1, 0.15) is 11.2 Å². The highest BCUT2D eigenvalue weighted by Crippen LogP contribution is 2.50. The van der Waals surface area contributed by atoms with Gasteiger partial charge in [-0.05, 0) is 12.1 Å². The summed E-state index contributed by atoms with van der Waals surface area (Å²) in [5.41, 5.74) is -1.44. The van der Waals surface area contributed by atoms with Gasteiger partial charge in [-0.1, -0.05) is 12.1 Å². The molecular formula is C16H10N2O14S4. The van der Waals surface area contributed by atoms with E-state index >= 15 is 0 Å². The van der Waals surface area contributed by atoms with Crippen molar-refractivity contribution in [2.24, 2.45) is 4.99 Å². The third kappa shape index (κ3) is 4.75. The molecule has 0 aliphatic carbocycles. The molecule has 36 heavy (non-hydrogen) atoms. The number of carbonyl (C=O) groups is 1. The Morgan fingerprint density at radius 1 is 0.833 bits per heavy atom. The maximum Gasteiger partial charge on any atom is 0.377 e. The summed E-state index contributed by atoms with van der Waals surface area (Å²) in [6.45, 7) is 0. The second-order valence-corrected chi connectivity index (χ2v) is 8.80. The fraction of sp³-hybridized carbons (Fsp3) is 0. The van der Waals surface area contributed by atoms with Gasteiger partial charge in [0, 0.05) is 11.6 Å². The number of aromatic hydroxyl groups is 1. The molecule has 2 aromatic carbocycles. The van der Waals surface area contributed by atoms with Crippen LogP contribution in [0.5, 0.6) is 23.0 Å². The topological polar surface area (TPSA) is 241 Å². The molecule has 20 heteroatoms. The van der Waals surface area contributed by atoms with E-state index in [1.54, 1.807) is 6.07 Å². The molecule has 2 heterocycles. The van der Waals surface area contributed by atoms with Crippen LogP contribution in [0.2, 0.25) is 0 Å². The Labute approximate surface area is 209 Å². The van der Waals surface area contributed by atoms with E-state index < -0.39 is 96.5 Å².